The molecule has 1 aliphatic rings. The van der Waals surface area contributed by atoms with E-state index in [4.69, 9.17) is 0 Å². The van der Waals surface area contributed by atoms with E-state index in [1.54, 1.807) is 21.5 Å². The van der Waals surface area contributed by atoms with Crippen LogP contribution in [0.1, 0.15) is 28.9 Å². The zero-order valence-corrected chi connectivity index (χ0v) is 10.6. The molecule has 19 heavy (non-hydrogen) atoms. The SMILES string of the molecule is O=C1CCCc2c1ccc(=O)n2CCn1cccn1. The highest BCUT2D eigenvalue weighted by atomic mass is 16.1. The number of hydrogen-bond donors (Lipinski definition) is 0. The summed E-state index contributed by atoms with van der Waals surface area (Å²) < 4.78 is 3.50. The lowest BCUT2D eigenvalue weighted by Gasteiger charge is -2.19. The largest absolute Gasteiger partial charge is 0.310 e. The fourth-order valence-electron chi connectivity index (χ4n) is 2.57. The van der Waals surface area contributed by atoms with Gasteiger partial charge in [0, 0.05) is 42.7 Å². The molecular formula is C14H15N3O2. The Hall–Kier alpha value is -2.17. The van der Waals surface area contributed by atoms with Crippen LogP contribution in [-0.4, -0.2) is 20.1 Å². The number of ketones is 1. The van der Waals surface area contributed by atoms with E-state index in [2.05, 4.69) is 5.10 Å². The van der Waals surface area contributed by atoms with Crippen molar-refractivity contribution in [1.82, 2.24) is 14.3 Å². The summed E-state index contributed by atoms with van der Waals surface area (Å²) in [6.45, 7) is 1.19. The van der Waals surface area contributed by atoms with E-state index in [-0.39, 0.29) is 11.3 Å². The third-order valence-electron chi connectivity index (χ3n) is 3.53. The average molecular weight is 257 g/mol. The Labute approximate surface area is 110 Å². The first kappa shape index (κ1) is 11.9. The molecule has 5 heteroatoms. The van der Waals surface area contributed by atoms with Crippen LogP contribution < -0.4 is 5.56 Å². The zero-order valence-electron chi connectivity index (χ0n) is 10.6. The molecular weight excluding hydrogens is 242 g/mol. The van der Waals surface area contributed by atoms with E-state index in [1.807, 2.05) is 12.3 Å². The van der Waals surface area contributed by atoms with Gasteiger partial charge in [0.25, 0.3) is 5.56 Å². The Bertz CT molecular complexity index is 656. The highest BCUT2D eigenvalue weighted by Crippen LogP contribution is 2.19. The van der Waals surface area contributed by atoms with E-state index >= 15 is 0 Å². The van der Waals surface area contributed by atoms with Crippen LogP contribution in [0.2, 0.25) is 0 Å². The molecule has 3 rings (SSSR count). The molecule has 0 fully saturated rings. The van der Waals surface area contributed by atoms with Gasteiger partial charge < -0.3 is 4.57 Å². The first-order valence-electron chi connectivity index (χ1n) is 6.49. The summed E-state index contributed by atoms with van der Waals surface area (Å²) in [5.74, 6) is 0.147. The molecule has 0 saturated carbocycles. The van der Waals surface area contributed by atoms with Gasteiger partial charge in [0.15, 0.2) is 5.78 Å². The molecule has 98 valence electrons. The van der Waals surface area contributed by atoms with Crippen molar-refractivity contribution in [3.05, 3.63) is 52.2 Å². The Morgan fingerprint density at radius 1 is 1.16 bits per heavy atom. The van der Waals surface area contributed by atoms with Crippen molar-refractivity contribution in [3.8, 4) is 0 Å². The van der Waals surface area contributed by atoms with Crippen molar-refractivity contribution in [1.29, 1.82) is 0 Å². The van der Waals surface area contributed by atoms with Crippen LogP contribution in [0, 0.1) is 0 Å². The van der Waals surface area contributed by atoms with Gasteiger partial charge in [0.2, 0.25) is 0 Å². The Morgan fingerprint density at radius 2 is 2.05 bits per heavy atom. The van der Waals surface area contributed by atoms with Gasteiger partial charge in [-0.05, 0) is 25.0 Å². The van der Waals surface area contributed by atoms with Gasteiger partial charge in [-0.25, -0.2) is 0 Å². The van der Waals surface area contributed by atoms with E-state index in [0.29, 0.717) is 25.1 Å². The van der Waals surface area contributed by atoms with Crippen molar-refractivity contribution < 1.29 is 4.79 Å². The summed E-state index contributed by atoms with van der Waals surface area (Å²) in [4.78, 5) is 23.8. The van der Waals surface area contributed by atoms with E-state index in [1.165, 1.54) is 6.07 Å². The molecule has 0 amide bonds. The highest BCUT2D eigenvalue weighted by molar-refractivity contribution is 5.97. The number of pyridine rings is 1. The Morgan fingerprint density at radius 3 is 2.84 bits per heavy atom. The summed E-state index contributed by atoms with van der Waals surface area (Å²) in [5, 5.41) is 4.12. The van der Waals surface area contributed by atoms with Crippen LogP contribution in [0.4, 0.5) is 0 Å². The Balaban J connectivity index is 1.94. The van der Waals surface area contributed by atoms with E-state index in [9.17, 15) is 9.59 Å². The third kappa shape index (κ3) is 2.23. The topological polar surface area (TPSA) is 56.9 Å². The zero-order chi connectivity index (χ0) is 13.2. The second-order valence-corrected chi connectivity index (χ2v) is 4.73. The maximum Gasteiger partial charge on any atom is 0.250 e. The van der Waals surface area contributed by atoms with Gasteiger partial charge in [-0.3, -0.25) is 14.3 Å². The lowest BCUT2D eigenvalue weighted by molar-refractivity contribution is 0.0970. The van der Waals surface area contributed by atoms with E-state index < -0.39 is 0 Å². The molecule has 2 aromatic rings. The average Bonchev–Trinajstić information content (AvgIpc) is 2.91. The molecule has 0 aromatic carbocycles. The molecule has 5 nitrogen and oxygen atoms in total. The van der Waals surface area contributed by atoms with Crippen molar-refractivity contribution in [2.24, 2.45) is 0 Å². The van der Waals surface area contributed by atoms with Crippen LogP contribution >= 0.6 is 0 Å². The number of hydrogen-bond acceptors (Lipinski definition) is 3. The van der Waals surface area contributed by atoms with Crippen molar-refractivity contribution in [3.63, 3.8) is 0 Å². The lowest BCUT2D eigenvalue weighted by atomic mass is 9.94. The molecule has 0 atom stereocenters. The summed E-state index contributed by atoms with van der Waals surface area (Å²) in [7, 11) is 0. The molecule has 0 unspecified atom stereocenters. The van der Waals surface area contributed by atoms with Crippen molar-refractivity contribution >= 4 is 5.78 Å². The van der Waals surface area contributed by atoms with Gasteiger partial charge >= 0.3 is 0 Å². The smallest absolute Gasteiger partial charge is 0.250 e. The predicted octanol–water partition coefficient (Wildman–Crippen LogP) is 1.26. The quantitative estimate of drug-likeness (QED) is 0.832. The van der Waals surface area contributed by atoms with Gasteiger partial charge in [0.05, 0.1) is 6.54 Å². The first-order valence-corrected chi connectivity index (χ1v) is 6.49. The number of nitrogens with zero attached hydrogens (tertiary/aromatic N) is 3. The predicted molar refractivity (Wildman–Crippen MR) is 70.2 cm³/mol. The molecule has 0 saturated heterocycles. The molecule has 0 radical (unpaired) electrons. The summed E-state index contributed by atoms with van der Waals surface area (Å²) in [6.07, 6.45) is 5.80. The molecule has 1 aliphatic carbocycles. The Kier molecular flexibility index (Phi) is 3.03. The fraction of sp³-hybridized carbons (Fsp3) is 0.357. The van der Waals surface area contributed by atoms with Gasteiger partial charge in [-0.1, -0.05) is 0 Å². The number of fused-ring (bicyclic) bond motifs is 1. The van der Waals surface area contributed by atoms with Crippen LogP contribution in [0.25, 0.3) is 0 Å². The molecule has 0 N–H and O–H groups in total. The molecule has 2 heterocycles. The summed E-state index contributed by atoms with van der Waals surface area (Å²) in [5.41, 5.74) is 1.56. The summed E-state index contributed by atoms with van der Waals surface area (Å²) >= 11 is 0. The minimum Gasteiger partial charge on any atom is -0.310 e. The molecule has 2 aromatic heterocycles. The van der Waals surface area contributed by atoms with Crippen LogP contribution in [-0.2, 0) is 19.5 Å². The van der Waals surface area contributed by atoms with Crippen LogP contribution in [0.15, 0.2) is 35.4 Å². The monoisotopic (exact) mass is 257 g/mol. The number of carbonyl (C=O) groups is 1. The maximum atomic E-state index is 12.0. The fourth-order valence-corrected chi connectivity index (χ4v) is 2.57. The number of Topliss-reactive ketones (excluding diaryl/α,β-unsaturated/α-hetero) is 1. The maximum absolute atomic E-state index is 12.0. The molecule has 0 aliphatic heterocycles. The van der Waals surface area contributed by atoms with Gasteiger partial charge in [0.1, 0.15) is 0 Å². The summed E-state index contributed by atoms with van der Waals surface area (Å²) in [6, 6.07) is 5.02. The molecule has 0 bridgehead atoms. The minimum atomic E-state index is -0.0411. The standard InChI is InChI=1S/C14H15N3O2/c18-13-4-1-3-12-11(13)5-6-14(19)17(12)10-9-16-8-2-7-15-16/h2,5-8H,1,3-4,9-10H2. The highest BCUT2D eigenvalue weighted by Gasteiger charge is 2.20. The van der Waals surface area contributed by atoms with Crippen LogP contribution in [0.5, 0.6) is 0 Å². The minimum absolute atomic E-state index is 0.0411. The number of aryl methyl sites for hydroxylation is 1. The van der Waals surface area contributed by atoms with Crippen molar-refractivity contribution in [2.45, 2.75) is 32.4 Å². The number of aromatic nitrogens is 3. The van der Waals surface area contributed by atoms with Crippen LogP contribution in [0.3, 0.4) is 0 Å². The molecule has 0 spiro atoms. The second kappa shape index (κ2) is 4.84. The van der Waals surface area contributed by atoms with Gasteiger partial charge in [-0.2, -0.15) is 5.10 Å². The number of carbonyl (C=O) groups excluding carboxylic acids is 1. The van der Waals surface area contributed by atoms with Crippen molar-refractivity contribution in [2.75, 3.05) is 0 Å². The van der Waals surface area contributed by atoms with Gasteiger partial charge in [-0.15, -0.1) is 0 Å². The lowest BCUT2D eigenvalue weighted by Crippen LogP contribution is -2.29. The second-order valence-electron chi connectivity index (χ2n) is 4.73. The first-order chi connectivity index (χ1) is 9.25. The number of rotatable bonds is 3. The third-order valence-corrected chi connectivity index (χ3v) is 3.53. The normalized spacial score (nSPS) is 14.4. The van der Waals surface area contributed by atoms with E-state index in [0.717, 1.165) is 18.5 Å².